The first-order valence-electron chi connectivity index (χ1n) is 10.8. The number of benzene rings is 2. The summed E-state index contributed by atoms with van der Waals surface area (Å²) in [6, 6.07) is 12.9. The van der Waals surface area contributed by atoms with Gasteiger partial charge in [0.25, 0.3) is 0 Å². The zero-order valence-electron chi connectivity index (χ0n) is 18.8. The van der Waals surface area contributed by atoms with E-state index in [1.807, 2.05) is 24.3 Å². The van der Waals surface area contributed by atoms with Crippen LogP contribution in [0.3, 0.4) is 0 Å². The second-order valence-electron chi connectivity index (χ2n) is 7.13. The summed E-state index contributed by atoms with van der Waals surface area (Å²) in [5.74, 6) is -0.184. The van der Waals surface area contributed by atoms with Crippen LogP contribution >= 0.6 is 0 Å². The number of carboxylic acid groups (broad SMARTS) is 1. The van der Waals surface area contributed by atoms with Gasteiger partial charge >= 0.3 is 5.97 Å². The summed E-state index contributed by atoms with van der Waals surface area (Å²) >= 11 is 0. The average Bonchev–Trinajstić information content (AvgIpc) is 2.75. The van der Waals surface area contributed by atoms with Gasteiger partial charge in [0.15, 0.2) is 11.5 Å². The molecule has 0 bridgehead atoms. The largest absolute Gasteiger partial charge is 0.490 e. The quantitative estimate of drug-likeness (QED) is 0.261. The van der Waals surface area contributed by atoms with Crippen molar-refractivity contribution in [1.82, 2.24) is 0 Å². The first-order chi connectivity index (χ1) is 15.4. The summed E-state index contributed by atoms with van der Waals surface area (Å²) in [4.78, 5) is 22.5. The third-order valence-corrected chi connectivity index (χ3v) is 4.45. The van der Waals surface area contributed by atoms with Gasteiger partial charge in [-0.15, -0.1) is 0 Å². The summed E-state index contributed by atoms with van der Waals surface area (Å²) in [5.41, 5.74) is 2.49. The van der Waals surface area contributed by atoms with Crippen LogP contribution in [0.2, 0.25) is 0 Å². The number of aliphatic carboxylic acids is 1. The molecule has 7 nitrogen and oxygen atoms in total. The molecule has 32 heavy (non-hydrogen) atoms. The maximum absolute atomic E-state index is 11.3. The third kappa shape index (κ3) is 8.34. The van der Waals surface area contributed by atoms with E-state index >= 15 is 0 Å². The number of ether oxygens (including phenoxy) is 3. The summed E-state index contributed by atoms with van der Waals surface area (Å²) < 4.78 is 17.0. The number of carbonyl (C=O) groups is 2. The lowest BCUT2D eigenvalue weighted by atomic mass is 10.1. The Balaban J connectivity index is 2.09. The maximum Gasteiger partial charge on any atom is 0.371 e. The van der Waals surface area contributed by atoms with Gasteiger partial charge in [-0.1, -0.05) is 31.5 Å². The Kier molecular flexibility index (Phi) is 10.1. The van der Waals surface area contributed by atoms with E-state index in [-0.39, 0.29) is 18.3 Å². The Hall–Kier alpha value is -3.48. The summed E-state index contributed by atoms with van der Waals surface area (Å²) in [5, 5.41) is 12.0. The maximum atomic E-state index is 11.3. The van der Waals surface area contributed by atoms with Gasteiger partial charge in [-0.2, -0.15) is 0 Å². The molecule has 0 aliphatic carbocycles. The van der Waals surface area contributed by atoms with Crippen molar-refractivity contribution in [3.63, 3.8) is 0 Å². The molecular weight excluding hydrogens is 410 g/mol. The van der Waals surface area contributed by atoms with Crippen LogP contribution in [-0.2, 0) is 20.7 Å². The fraction of sp³-hybridized carbons (Fsp3) is 0.360. The van der Waals surface area contributed by atoms with Gasteiger partial charge in [0.2, 0.25) is 11.7 Å². The van der Waals surface area contributed by atoms with Gasteiger partial charge in [0.05, 0.1) is 19.8 Å². The fourth-order valence-electron chi connectivity index (χ4n) is 2.88. The molecule has 0 unspecified atom stereocenters. The molecule has 2 rings (SSSR count). The normalized spacial score (nSPS) is 11.0. The minimum absolute atomic E-state index is 0.105. The van der Waals surface area contributed by atoms with E-state index in [9.17, 15) is 14.7 Å². The molecule has 0 saturated heterocycles. The lowest BCUT2D eigenvalue weighted by molar-refractivity contribution is -0.136. The predicted octanol–water partition coefficient (Wildman–Crippen LogP) is 4.91. The summed E-state index contributed by atoms with van der Waals surface area (Å²) in [7, 11) is 0. The highest BCUT2D eigenvalue weighted by atomic mass is 16.5. The van der Waals surface area contributed by atoms with Crippen LogP contribution in [0.1, 0.15) is 44.7 Å². The number of unbranched alkanes of at least 4 members (excludes halogenated alkanes) is 1. The highest BCUT2D eigenvalue weighted by molar-refractivity contribution is 5.90. The second-order valence-corrected chi connectivity index (χ2v) is 7.13. The molecule has 2 aromatic carbocycles. The predicted molar refractivity (Wildman–Crippen MR) is 124 cm³/mol. The van der Waals surface area contributed by atoms with Gasteiger partial charge in [-0.3, -0.25) is 4.79 Å². The summed E-state index contributed by atoms with van der Waals surface area (Å²) in [6.07, 6.45) is 4.06. The molecule has 1 amide bonds. The first kappa shape index (κ1) is 24.8. The molecule has 0 atom stereocenters. The van der Waals surface area contributed by atoms with Gasteiger partial charge in [0, 0.05) is 19.0 Å². The lowest BCUT2D eigenvalue weighted by Gasteiger charge is -2.14. The van der Waals surface area contributed by atoms with E-state index in [0.29, 0.717) is 36.7 Å². The standard InChI is InChI=1S/C25H31NO6/c1-4-6-14-31-23-16-20(17-24(25(28)29)30-5-2)9-12-22(23)32-15-13-19-7-10-21(11-8-19)26-18(3)27/h7-12,16-17H,4-6,13-15H2,1-3H3,(H,26,27)(H,28,29). The van der Waals surface area contributed by atoms with Crippen LogP contribution in [0.5, 0.6) is 11.5 Å². The highest BCUT2D eigenvalue weighted by Gasteiger charge is 2.11. The van der Waals surface area contributed by atoms with Gasteiger partial charge in [-0.25, -0.2) is 4.79 Å². The number of hydrogen-bond acceptors (Lipinski definition) is 5. The number of nitrogens with one attached hydrogen (secondary N) is 1. The number of anilines is 1. The summed E-state index contributed by atoms with van der Waals surface area (Å²) in [6.45, 7) is 6.55. The Morgan fingerprint density at radius 3 is 2.34 bits per heavy atom. The molecule has 0 saturated carbocycles. The molecule has 0 aromatic heterocycles. The second kappa shape index (κ2) is 13.0. The molecule has 0 radical (unpaired) electrons. The lowest BCUT2D eigenvalue weighted by Crippen LogP contribution is -2.07. The zero-order chi connectivity index (χ0) is 23.3. The Morgan fingerprint density at radius 2 is 1.72 bits per heavy atom. The van der Waals surface area contributed by atoms with Crippen molar-refractivity contribution in [2.75, 3.05) is 25.1 Å². The van der Waals surface area contributed by atoms with E-state index in [1.54, 1.807) is 25.1 Å². The van der Waals surface area contributed by atoms with E-state index in [4.69, 9.17) is 14.2 Å². The molecule has 0 fully saturated rings. The molecule has 0 spiro atoms. The highest BCUT2D eigenvalue weighted by Crippen LogP contribution is 2.30. The van der Waals surface area contributed by atoms with Gasteiger partial charge in [-0.05, 0) is 54.8 Å². The monoisotopic (exact) mass is 441 g/mol. The molecule has 0 heterocycles. The van der Waals surface area contributed by atoms with Crippen molar-refractivity contribution < 1.29 is 28.9 Å². The average molecular weight is 442 g/mol. The van der Waals surface area contributed by atoms with Crippen LogP contribution in [0.15, 0.2) is 48.2 Å². The van der Waals surface area contributed by atoms with E-state index in [1.165, 1.54) is 13.0 Å². The molecule has 0 aliphatic rings. The van der Waals surface area contributed by atoms with Crippen molar-refractivity contribution in [3.05, 3.63) is 59.4 Å². The number of carboxylic acids is 1. The van der Waals surface area contributed by atoms with Crippen LogP contribution in [0.25, 0.3) is 6.08 Å². The zero-order valence-corrected chi connectivity index (χ0v) is 18.8. The van der Waals surface area contributed by atoms with Crippen molar-refractivity contribution in [2.45, 2.75) is 40.0 Å². The smallest absolute Gasteiger partial charge is 0.371 e. The van der Waals surface area contributed by atoms with E-state index in [0.717, 1.165) is 24.1 Å². The number of hydrogen-bond donors (Lipinski definition) is 2. The Bertz CT molecular complexity index is 921. The third-order valence-electron chi connectivity index (χ3n) is 4.45. The van der Waals surface area contributed by atoms with Crippen molar-refractivity contribution >= 4 is 23.6 Å². The van der Waals surface area contributed by atoms with Crippen molar-refractivity contribution in [1.29, 1.82) is 0 Å². The van der Waals surface area contributed by atoms with Gasteiger partial charge < -0.3 is 24.6 Å². The van der Waals surface area contributed by atoms with Crippen molar-refractivity contribution in [3.8, 4) is 11.5 Å². The fourth-order valence-corrected chi connectivity index (χ4v) is 2.88. The number of rotatable bonds is 13. The number of amides is 1. The van der Waals surface area contributed by atoms with Crippen LogP contribution in [0, 0.1) is 0 Å². The van der Waals surface area contributed by atoms with Gasteiger partial charge in [0.1, 0.15) is 0 Å². The van der Waals surface area contributed by atoms with Crippen molar-refractivity contribution in [2.24, 2.45) is 0 Å². The molecule has 2 aromatic rings. The Labute approximate surface area is 189 Å². The topological polar surface area (TPSA) is 94.1 Å². The van der Waals surface area contributed by atoms with E-state index < -0.39 is 5.97 Å². The Morgan fingerprint density at radius 1 is 1.00 bits per heavy atom. The number of carbonyl (C=O) groups excluding carboxylic acids is 1. The van der Waals surface area contributed by atoms with Crippen LogP contribution in [0.4, 0.5) is 5.69 Å². The molecular formula is C25H31NO6. The SMILES string of the molecule is CCCCOc1cc(C=C(OCC)C(=O)O)ccc1OCCc1ccc(NC(C)=O)cc1. The molecule has 172 valence electrons. The first-order valence-corrected chi connectivity index (χ1v) is 10.8. The minimum Gasteiger partial charge on any atom is -0.490 e. The van der Waals surface area contributed by atoms with Crippen LogP contribution < -0.4 is 14.8 Å². The molecule has 2 N–H and O–H groups in total. The molecule has 0 aliphatic heterocycles. The minimum atomic E-state index is -1.12. The van der Waals surface area contributed by atoms with Crippen LogP contribution in [-0.4, -0.2) is 36.8 Å². The molecule has 7 heteroatoms. The van der Waals surface area contributed by atoms with E-state index in [2.05, 4.69) is 12.2 Å².